The molecule has 1 aliphatic rings. The first-order chi connectivity index (χ1) is 19.4. The van der Waals surface area contributed by atoms with Crippen molar-refractivity contribution in [1.82, 2.24) is 14.9 Å². The summed E-state index contributed by atoms with van der Waals surface area (Å²) in [5.41, 5.74) is 8.28. The Morgan fingerprint density at radius 3 is 2.45 bits per heavy atom. The van der Waals surface area contributed by atoms with Crippen molar-refractivity contribution in [2.75, 3.05) is 17.3 Å². The summed E-state index contributed by atoms with van der Waals surface area (Å²) in [5, 5.41) is 7.07. The van der Waals surface area contributed by atoms with E-state index in [1.807, 2.05) is 49.5 Å². The lowest BCUT2D eigenvalue weighted by Crippen LogP contribution is -2.29. The minimum Gasteiger partial charge on any atom is -0.494 e. The molecule has 7 nitrogen and oxygen atoms in total. The molecule has 0 bridgehead atoms. The highest BCUT2D eigenvalue weighted by molar-refractivity contribution is 7.80. The number of rotatable bonds is 8. The Morgan fingerprint density at radius 2 is 1.80 bits per heavy atom. The maximum Gasteiger partial charge on any atom is 0.224 e. The summed E-state index contributed by atoms with van der Waals surface area (Å²) in [7, 11) is 1.60. The number of benzene rings is 2. The van der Waals surface area contributed by atoms with E-state index < -0.39 is 0 Å². The molecule has 1 amide bonds. The van der Waals surface area contributed by atoms with Crippen molar-refractivity contribution in [3.63, 3.8) is 0 Å². The fourth-order valence-corrected chi connectivity index (χ4v) is 5.83. The number of ether oxygens (including phenoxy) is 1. The Balaban J connectivity index is 1.63. The number of pyridine rings is 1. The quantitative estimate of drug-likeness (QED) is 0.240. The van der Waals surface area contributed by atoms with Crippen molar-refractivity contribution in [3.8, 4) is 11.4 Å². The Bertz CT molecular complexity index is 1530. The molecule has 2 aromatic heterocycles. The van der Waals surface area contributed by atoms with Gasteiger partial charge in [0.1, 0.15) is 5.75 Å². The van der Waals surface area contributed by atoms with E-state index in [-0.39, 0.29) is 18.0 Å². The molecule has 0 aliphatic carbocycles. The van der Waals surface area contributed by atoms with Gasteiger partial charge in [0.25, 0.3) is 0 Å². The van der Waals surface area contributed by atoms with Gasteiger partial charge < -0.3 is 24.8 Å². The molecule has 8 heteroatoms. The molecular weight excluding hydrogens is 518 g/mol. The van der Waals surface area contributed by atoms with Gasteiger partial charge in [-0.1, -0.05) is 32.0 Å². The average molecular weight is 554 g/mol. The molecule has 206 valence electrons. The maximum absolute atomic E-state index is 12.1. The third-order valence-electron chi connectivity index (χ3n) is 7.55. The van der Waals surface area contributed by atoms with Crippen LogP contribution in [0.4, 0.5) is 11.4 Å². The number of anilines is 2. The van der Waals surface area contributed by atoms with Crippen molar-refractivity contribution in [2.24, 2.45) is 0 Å². The molecule has 2 N–H and O–H groups in total. The highest BCUT2D eigenvalue weighted by atomic mass is 32.1. The molecule has 0 spiro atoms. The van der Waals surface area contributed by atoms with Gasteiger partial charge in [-0.3, -0.25) is 9.78 Å². The first kappa shape index (κ1) is 27.4. The van der Waals surface area contributed by atoms with Crippen LogP contribution in [0.15, 0.2) is 72.9 Å². The van der Waals surface area contributed by atoms with E-state index >= 15 is 0 Å². The van der Waals surface area contributed by atoms with Gasteiger partial charge in [0.2, 0.25) is 5.91 Å². The highest BCUT2D eigenvalue weighted by Gasteiger charge is 2.42. The number of hydrogen-bond acceptors (Lipinski definition) is 4. The van der Waals surface area contributed by atoms with Crippen LogP contribution in [0.2, 0.25) is 0 Å². The zero-order valence-electron chi connectivity index (χ0n) is 23.6. The number of carbonyl (C=O) groups excluding carboxylic acids is 1. The summed E-state index contributed by atoms with van der Waals surface area (Å²) < 4.78 is 7.98. The molecule has 2 aromatic carbocycles. The predicted molar refractivity (Wildman–Crippen MR) is 164 cm³/mol. The second-order valence-electron chi connectivity index (χ2n) is 9.96. The van der Waals surface area contributed by atoms with E-state index in [9.17, 15) is 4.79 Å². The number of nitrogens with one attached hydrogen (secondary N) is 2. The van der Waals surface area contributed by atoms with Crippen LogP contribution in [-0.4, -0.2) is 27.7 Å². The number of thiocarbonyl (C=S) groups is 1. The van der Waals surface area contributed by atoms with Gasteiger partial charge in [0, 0.05) is 41.4 Å². The first-order valence-corrected chi connectivity index (χ1v) is 14.0. The minimum atomic E-state index is -0.171. The highest BCUT2D eigenvalue weighted by Crippen LogP contribution is 2.45. The van der Waals surface area contributed by atoms with Crippen LogP contribution in [0.3, 0.4) is 0 Å². The Hall–Kier alpha value is -4.17. The van der Waals surface area contributed by atoms with Crippen molar-refractivity contribution < 1.29 is 9.53 Å². The molecule has 1 fully saturated rings. The normalized spacial score (nSPS) is 16.6. The molecule has 1 aliphatic heterocycles. The van der Waals surface area contributed by atoms with Crippen LogP contribution in [-0.2, 0) is 11.2 Å². The van der Waals surface area contributed by atoms with Crippen LogP contribution < -0.4 is 20.3 Å². The average Bonchev–Trinajstić information content (AvgIpc) is 3.48. The molecular formula is C32H35N5O2S. The topological polar surface area (TPSA) is 71.4 Å². The molecule has 1 saturated heterocycles. The molecule has 40 heavy (non-hydrogen) atoms. The molecule has 5 rings (SSSR count). The van der Waals surface area contributed by atoms with Crippen molar-refractivity contribution >= 4 is 34.6 Å². The Morgan fingerprint density at radius 1 is 1.05 bits per heavy atom. The Labute approximate surface area is 241 Å². The molecule has 4 aromatic rings. The van der Waals surface area contributed by atoms with Gasteiger partial charge in [-0.05, 0) is 86.1 Å². The summed E-state index contributed by atoms with van der Waals surface area (Å²) in [6.07, 6.45) is 3.20. The van der Waals surface area contributed by atoms with Crippen molar-refractivity contribution in [1.29, 1.82) is 0 Å². The lowest BCUT2D eigenvalue weighted by Gasteiger charge is -2.29. The van der Waals surface area contributed by atoms with Gasteiger partial charge in [-0.15, -0.1) is 0 Å². The third kappa shape index (κ3) is 5.07. The monoisotopic (exact) mass is 553 g/mol. The number of aryl methyl sites for hydroxylation is 2. The van der Waals surface area contributed by atoms with Crippen molar-refractivity contribution in [2.45, 2.75) is 52.6 Å². The summed E-state index contributed by atoms with van der Waals surface area (Å²) in [5.74, 6) is 0.500. The van der Waals surface area contributed by atoms with Gasteiger partial charge >= 0.3 is 0 Å². The standard InChI is InChI=1S/C32H35N5O2S/c1-6-22-11-13-23(14-12-22)36-20(3)18-25(21(36)4)31-30(27-10-8-9-17-33-27)35-32(40)37(31)24-15-16-26(28(19-24)39-5)34-29(38)7-2/h8-19,30-31H,6-7H2,1-5H3,(H,34,38)(H,35,40)/t30-,31+/m1/s1. The SMILES string of the molecule is CCC(=O)Nc1ccc(N2C(=S)N[C@H](c3ccccn3)[C@@H]2c2cc(C)n(-c3ccc(CC)cc3)c2C)cc1OC. The molecule has 0 unspecified atom stereocenters. The number of carbonyl (C=O) groups is 1. The largest absolute Gasteiger partial charge is 0.494 e. The van der Waals surface area contributed by atoms with Crippen LogP contribution in [0, 0.1) is 13.8 Å². The predicted octanol–water partition coefficient (Wildman–Crippen LogP) is 6.59. The lowest BCUT2D eigenvalue weighted by atomic mass is 9.96. The molecule has 2 atom stereocenters. The van der Waals surface area contributed by atoms with Gasteiger partial charge in [0.05, 0.1) is 30.6 Å². The zero-order valence-corrected chi connectivity index (χ0v) is 24.4. The fraction of sp³-hybridized carbons (Fsp3) is 0.281. The molecule has 0 radical (unpaired) electrons. The second-order valence-corrected chi connectivity index (χ2v) is 10.4. The Kier molecular flexibility index (Phi) is 7.89. The number of aromatic nitrogens is 2. The number of hydrogen-bond donors (Lipinski definition) is 2. The first-order valence-electron chi connectivity index (χ1n) is 13.6. The van der Waals surface area contributed by atoms with E-state index in [2.05, 4.69) is 71.2 Å². The fourth-order valence-electron chi connectivity index (χ4n) is 5.49. The van der Waals surface area contributed by atoms with E-state index in [1.54, 1.807) is 7.11 Å². The minimum absolute atomic E-state index is 0.0723. The van der Waals surface area contributed by atoms with E-state index in [0.29, 0.717) is 23.0 Å². The summed E-state index contributed by atoms with van der Waals surface area (Å²) >= 11 is 5.95. The number of nitrogens with zero attached hydrogens (tertiary/aromatic N) is 3. The smallest absolute Gasteiger partial charge is 0.224 e. The third-order valence-corrected chi connectivity index (χ3v) is 7.86. The summed E-state index contributed by atoms with van der Waals surface area (Å²) in [6, 6.07) is 22.4. The van der Waals surface area contributed by atoms with Gasteiger partial charge in [-0.25, -0.2) is 0 Å². The van der Waals surface area contributed by atoms with E-state index in [4.69, 9.17) is 21.9 Å². The van der Waals surface area contributed by atoms with Crippen LogP contribution in [0.5, 0.6) is 5.75 Å². The second kappa shape index (κ2) is 11.5. The maximum atomic E-state index is 12.1. The van der Waals surface area contributed by atoms with E-state index in [0.717, 1.165) is 40.4 Å². The lowest BCUT2D eigenvalue weighted by molar-refractivity contribution is -0.115. The van der Waals surface area contributed by atoms with Crippen LogP contribution in [0.1, 0.15) is 60.6 Å². The summed E-state index contributed by atoms with van der Waals surface area (Å²) in [4.78, 5) is 18.9. The van der Waals surface area contributed by atoms with Gasteiger partial charge in [0.15, 0.2) is 5.11 Å². The van der Waals surface area contributed by atoms with E-state index in [1.165, 1.54) is 5.56 Å². The van der Waals surface area contributed by atoms with Crippen LogP contribution in [0.25, 0.3) is 5.69 Å². The zero-order chi connectivity index (χ0) is 28.4. The van der Waals surface area contributed by atoms with Crippen molar-refractivity contribution in [3.05, 3.63) is 101 Å². The molecule has 3 heterocycles. The summed E-state index contributed by atoms with van der Waals surface area (Å²) in [6.45, 7) is 8.29. The van der Waals surface area contributed by atoms with Gasteiger partial charge in [-0.2, -0.15) is 0 Å². The number of methoxy groups -OCH3 is 1. The number of amides is 1. The molecule has 0 saturated carbocycles. The van der Waals surface area contributed by atoms with Crippen LogP contribution >= 0.6 is 12.2 Å².